The van der Waals surface area contributed by atoms with Crippen molar-refractivity contribution in [2.45, 2.75) is 31.8 Å². The smallest absolute Gasteiger partial charge is 0.106 e. The van der Waals surface area contributed by atoms with E-state index in [1.165, 1.54) is 11.5 Å². The van der Waals surface area contributed by atoms with Crippen LogP contribution in [0.15, 0.2) is 5.38 Å². The van der Waals surface area contributed by atoms with E-state index in [4.69, 9.17) is 5.73 Å². The van der Waals surface area contributed by atoms with Crippen molar-refractivity contribution in [1.82, 2.24) is 9.59 Å². The van der Waals surface area contributed by atoms with Crippen LogP contribution in [0.4, 0.5) is 0 Å². The second kappa shape index (κ2) is 3.92. The number of aromatic nitrogens is 2. The van der Waals surface area contributed by atoms with Crippen LogP contribution < -0.4 is 5.73 Å². The third-order valence-electron chi connectivity index (χ3n) is 3.24. The Morgan fingerprint density at radius 3 is 2.79 bits per heavy atom. The van der Waals surface area contributed by atoms with Gasteiger partial charge in [0.25, 0.3) is 0 Å². The monoisotopic (exact) mass is 213 g/mol. The minimum Gasteiger partial charge on any atom is -0.386 e. The Labute approximate surface area is 87.3 Å². The summed E-state index contributed by atoms with van der Waals surface area (Å²) >= 11 is 1.27. The summed E-state index contributed by atoms with van der Waals surface area (Å²) in [7, 11) is 0. The predicted octanol–water partition coefficient (Wildman–Crippen LogP) is 1.09. The zero-order valence-electron chi connectivity index (χ0n) is 8.02. The average Bonchev–Trinajstić information content (AvgIpc) is 2.89. The summed E-state index contributed by atoms with van der Waals surface area (Å²) in [6.45, 7) is 0.533. The highest BCUT2D eigenvalue weighted by atomic mass is 32.1. The van der Waals surface area contributed by atoms with E-state index in [1.807, 2.05) is 0 Å². The SMILES string of the molecule is NCC1(C(O)c2csnn2)CCCC1. The van der Waals surface area contributed by atoms with E-state index in [0.717, 1.165) is 25.7 Å². The number of hydrogen-bond donors (Lipinski definition) is 2. The molecular weight excluding hydrogens is 198 g/mol. The largest absolute Gasteiger partial charge is 0.386 e. The lowest BCUT2D eigenvalue weighted by atomic mass is 9.79. The lowest BCUT2D eigenvalue weighted by Crippen LogP contribution is -2.34. The Morgan fingerprint density at radius 1 is 1.57 bits per heavy atom. The molecule has 1 aliphatic carbocycles. The number of aliphatic hydroxyl groups excluding tert-OH is 1. The first-order valence-corrected chi connectivity index (χ1v) is 5.77. The van der Waals surface area contributed by atoms with Crippen molar-refractivity contribution in [2.24, 2.45) is 11.1 Å². The topological polar surface area (TPSA) is 72.0 Å². The molecule has 3 N–H and O–H groups in total. The van der Waals surface area contributed by atoms with Crippen LogP contribution in [0.1, 0.15) is 37.5 Å². The van der Waals surface area contributed by atoms with Gasteiger partial charge in [-0.2, -0.15) is 0 Å². The summed E-state index contributed by atoms with van der Waals surface area (Å²) in [5, 5.41) is 15.9. The molecule has 78 valence electrons. The van der Waals surface area contributed by atoms with Gasteiger partial charge in [-0.1, -0.05) is 17.3 Å². The van der Waals surface area contributed by atoms with Crippen LogP contribution in [0.2, 0.25) is 0 Å². The first-order chi connectivity index (χ1) is 6.78. The molecule has 1 unspecified atom stereocenters. The van der Waals surface area contributed by atoms with Crippen LogP contribution in [0.5, 0.6) is 0 Å². The van der Waals surface area contributed by atoms with Crippen LogP contribution in [-0.4, -0.2) is 21.2 Å². The molecule has 0 saturated heterocycles. The molecule has 1 aromatic rings. The van der Waals surface area contributed by atoms with E-state index in [1.54, 1.807) is 5.38 Å². The third kappa shape index (κ3) is 1.55. The van der Waals surface area contributed by atoms with Crippen molar-refractivity contribution in [3.05, 3.63) is 11.1 Å². The molecule has 0 amide bonds. The predicted molar refractivity (Wildman–Crippen MR) is 54.8 cm³/mol. The summed E-state index contributed by atoms with van der Waals surface area (Å²) in [4.78, 5) is 0. The highest BCUT2D eigenvalue weighted by molar-refractivity contribution is 7.03. The van der Waals surface area contributed by atoms with Crippen LogP contribution in [0.25, 0.3) is 0 Å². The van der Waals surface area contributed by atoms with Gasteiger partial charge in [-0.3, -0.25) is 0 Å². The number of hydrogen-bond acceptors (Lipinski definition) is 5. The second-order valence-corrected chi connectivity index (χ2v) is 4.62. The molecule has 1 atom stereocenters. The van der Waals surface area contributed by atoms with Gasteiger partial charge in [0, 0.05) is 17.3 Å². The van der Waals surface area contributed by atoms with Crippen LogP contribution >= 0.6 is 11.5 Å². The molecule has 1 saturated carbocycles. The van der Waals surface area contributed by atoms with E-state index in [-0.39, 0.29) is 5.41 Å². The Hall–Kier alpha value is -0.520. The van der Waals surface area contributed by atoms with Gasteiger partial charge >= 0.3 is 0 Å². The maximum absolute atomic E-state index is 10.2. The Kier molecular flexibility index (Phi) is 2.80. The highest BCUT2D eigenvalue weighted by Gasteiger charge is 2.41. The van der Waals surface area contributed by atoms with Gasteiger partial charge in [0.1, 0.15) is 11.8 Å². The Morgan fingerprint density at radius 2 is 2.29 bits per heavy atom. The lowest BCUT2D eigenvalue weighted by Gasteiger charge is -2.31. The normalized spacial score (nSPS) is 22.4. The molecule has 1 fully saturated rings. The summed E-state index contributed by atoms with van der Waals surface area (Å²) in [6, 6.07) is 0. The fourth-order valence-corrected chi connectivity index (χ4v) is 2.75. The quantitative estimate of drug-likeness (QED) is 0.788. The molecule has 0 bridgehead atoms. The molecule has 5 heteroatoms. The number of nitrogens with two attached hydrogens (primary N) is 1. The minimum absolute atomic E-state index is 0.143. The van der Waals surface area contributed by atoms with Crippen molar-refractivity contribution in [3.63, 3.8) is 0 Å². The number of aliphatic hydroxyl groups is 1. The fraction of sp³-hybridized carbons (Fsp3) is 0.778. The second-order valence-electron chi connectivity index (χ2n) is 4.01. The van der Waals surface area contributed by atoms with Crippen LogP contribution in [-0.2, 0) is 0 Å². The highest BCUT2D eigenvalue weighted by Crippen LogP contribution is 2.46. The van der Waals surface area contributed by atoms with Gasteiger partial charge in [0.05, 0.1) is 0 Å². The summed E-state index contributed by atoms with van der Waals surface area (Å²) in [5.41, 5.74) is 6.31. The van der Waals surface area contributed by atoms with E-state index < -0.39 is 6.10 Å². The van der Waals surface area contributed by atoms with Gasteiger partial charge in [-0.05, 0) is 24.4 Å². The van der Waals surface area contributed by atoms with Crippen molar-refractivity contribution < 1.29 is 5.11 Å². The van der Waals surface area contributed by atoms with E-state index >= 15 is 0 Å². The van der Waals surface area contributed by atoms with Gasteiger partial charge in [-0.25, -0.2) is 0 Å². The minimum atomic E-state index is -0.534. The van der Waals surface area contributed by atoms with E-state index in [9.17, 15) is 5.11 Å². The first kappa shape index (κ1) is 10.0. The molecule has 2 rings (SSSR count). The summed E-state index contributed by atoms with van der Waals surface area (Å²) in [5.74, 6) is 0. The number of rotatable bonds is 3. The molecule has 0 spiro atoms. The van der Waals surface area contributed by atoms with Gasteiger partial charge in [0.15, 0.2) is 0 Å². The van der Waals surface area contributed by atoms with Gasteiger partial charge in [-0.15, -0.1) is 5.10 Å². The molecular formula is C9H15N3OS. The van der Waals surface area contributed by atoms with E-state index in [2.05, 4.69) is 9.59 Å². The molecule has 1 heterocycles. The van der Waals surface area contributed by atoms with Crippen molar-refractivity contribution in [3.8, 4) is 0 Å². The molecule has 1 aliphatic rings. The Balaban J connectivity index is 2.19. The van der Waals surface area contributed by atoms with Crippen molar-refractivity contribution in [2.75, 3.05) is 6.54 Å². The maximum Gasteiger partial charge on any atom is 0.106 e. The number of nitrogens with zero attached hydrogens (tertiary/aromatic N) is 2. The van der Waals surface area contributed by atoms with E-state index in [0.29, 0.717) is 12.2 Å². The standard InChI is InChI=1S/C9H15N3OS/c10-6-9(3-1-2-4-9)8(13)7-5-14-12-11-7/h5,8,13H,1-4,6,10H2. The van der Waals surface area contributed by atoms with Crippen LogP contribution in [0.3, 0.4) is 0 Å². The average molecular weight is 213 g/mol. The van der Waals surface area contributed by atoms with Crippen molar-refractivity contribution >= 4 is 11.5 Å². The van der Waals surface area contributed by atoms with Gasteiger partial charge < -0.3 is 10.8 Å². The Bertz CT molecular complexity index is 282. The first-order valence-electron chi connectivity index (χ1n) is 4.94. The maximum atomic E-state index is 10.2. The molecule has 14 heavy (non-hydrogen) atoms. The molecule has 0 aromatic carbocycles. The molecule has 0 radical (unpaired) electrons. The summed E-state index contributed by atoms with van der Waals surface area (Å²) < 4.78 is 3.77. The van der Waals surface area contributed by atoms with Crippen molar-refractivity contribution in [1.29, 1.82) is 0 Å². The van der Waals surface area contributed by atoms with Gasteiger partial charge in [0.2, 0.25) is 0 Å². The zero-order chi connectivity index (χ0) is 10.0. The summed E-state index contributed by atoms with van der Waals surface area (Å²) in [6.07, 6.45) is 3.79. The third-order valence-corrected chi connectivity index (χ3v) is 3.77. The lowest BCUT2D eigenvalue weighted by molar-refractivity contribution is 0.0300. The molecule has 4 nitrogen and oxygen atoms in total. The zero-order valence-corrected chi connectivity index (χ0v) is 8.83. The van der Waals surface area contributed by atoms with Crippen LogP contribution in [0, 0.1) is 5.41 Å². The molecule has 1 aromatic heterocycles. The fourth-order valence-electron chi connectivity index (χ4n) is 2.27. The molecule has 0 aliphatic heterocycles.